The molecule has 2 aromatic rings. The lowest BCUT2D eigenvalue weighted by Gasteiger charge is -2.34. The number of hydrogen-bond donors (Lipinski definition) is 16. The molecule has 17 N–H and O–H groups in total. The van der Waals surface area contributed by atoms with Crippen LogP contribution in [0.1, 0.15) is 96.6 Å². The Balaban J connectivity index is 1.65. The molecule has 2 aliphatic heterocycles. The minimum Gasteiger partial charge on any atom is -0.508 e. The van der Waals surface area contributed by atoms with Crippen LogP contribution in [0.15, 0.2) is 54.6 Å². The van der Waals surface area contributed by atoms with Gasteiger partial charge in [0.25, 0.3) is 0 Å². The zero-order chi connectivity index (χ0) is 64.7. The number of likely N-dealkylation sites (tertiary alicyclic amines) is 2. The predicted octanol–water partition coefficient (Wildman–Crippen LogP) is -2.40. The molecule has 2 aliphatic rings. The normalized spacial score (nSPS) is 18.7. The first-order valence-corrected chi connectivity index (χ1v) is 30.2. The van der Waals surface area contributed by atoms with Gasteiger partial charge in [0.05, 0.1) is 12.1 Å². The molecular weight excluding hydrogens is 1170 g/mol. The highest BCUT2D eigenvalue weighted by Gasteiger charge is 2.47. The van der Waals surface area contributed by atoms with Crippen molar-refractivity contribution in [2.24, 2.45) is 29.0 Å². The number of aliphatic hydroxyl groups excluding tert-OH is 1. The van der Waals surface area contributed by atoms with Gasteiger partial charge in [-0.25, -0.2) is 9.59 Å². The quantitative estimate of drug-likeness (QED) is 0.0257. The number of rotatable bonds is 34. The van der Waals surface area contributed by atoms with Crippen LogP contribution in [0.4, 0.5) is 4.79 Å². The number of phenolic OH excluding ortho intramolecular Hbond substituents is 1. The summed E-state index contributed by atoms with van der Waals surface area (Å²) in [5.41, 5.74) is 17.5. The van der Waals surface area contributed by atoms with Crippen LogP contribution in [0, 0.1) is 11.8 Å². The molecule has 480 valence electrons. The van der Waals surface area contributed by atoms with Crippen LogP contribution in [0.3, 0.4) is 0 Å². The molecule has 0 bridgehead atoms. The van der Waals surface area contributed by atoms with Crippen LogP contribution < -0.4 is 59.7 Å². The molecular formula is C57H85N13O15S2. The molecule has 0 spiro atoms. The molecule has 0 aliphatic carbocycles. The molecule has 0 aromatic heterocycles. The minimum atomic E-state index is -1.58. The number of phenols is 1. The van der Waals surface area contributed by atoms with E-state index < -0.39 is 156 Å². The molecule has 12 amide bonds. The number of β-amino-alcohol motifs (C(OH)–C–C–N with tert-alkyl or cyclic N) is 1. The maximum Gasteiger partial charge on any atom is 0.327 e. The second-order valence-electron chi connectivity index (χ2n) is 22.3. The van der Waals surface area contributed by atoms with E-state index in [1.807, 2.05) is 0 Å². The van der Waals surface area contributed by atoms with Crippen molar-refractivity contribution in [1.29, 1.82) is 0 Å². The minimum absolute atomic E-state index is 0.00363. The fourth-order valence-corrected chi connectivity index (χ4v) is 10.4. The number of amides is 12. The van der Waals surface area contributed by atoms with E-state index >= 15 is 4.79 Å². The van der Waals surface area contributed by atoms with E-state index in [1.54, 1.807) is 58.0 Å². The van der Waals surface area contributed by atoms with Gasteiger partial charge in [-0.3, -0.25) is 47.9 Å². The molecule has 2 heterocycles. The van der Waals surface area contributed by atoms with Crippen molar-refractivity contribution in [3.05, 3.63) is 65.7 Å². The smallest absolute Gasteiger partial charge is 0.327 e. The van der Waals surface area contributed by atoms with Gasteiger partial charge in [-0.05, 0) is 73.6 Å². The zero-order valence-corrected chi connectivity index (χ0v) is 51.1. The molecule has 2 aromatic carbocycles. The van der Waals surface area contributed by atoms with E-state index in [0.717, 1.165) is 4.90 Å². The van der Waals surface area contributed by atoms with E-state index in [4.69, 9.17) is 17.2 Å². The third kappa shape index (κ3) is 22.5. The third-order valence-corrected chi connectivity index (χ3v) is 15.7. The molecule has 28 nitrogen and oxygen atoms in total. The number of urea groups is 1. The summed E-state index contributed by atoms with van der Waals surface area (Å²) < 4.78 is 0. The van der Waals surface area contributed by atoms with Crippen LogP contribution >= 0.6 is 25.3 Å². The first-order valence-electron chi connectivity index (χ1n) is 28.9. The van der Waals surface area contributed by atoms with Crippen LogP contribution in [-0.4, -0.2) is 194 Å². The Labute approximate surface area is 515 Å². The number of benzene rings is 2. The number of primary amides is 2. The van der Waals surface area contributed by atoms with Gasteiger partial charge in [-0.2, -0.15) is 25.3 Å². The molecule has 12 atom stereocenters. The van der Waals surface area contributed by atoms with Crippen molar-refractivity contribution in [2.75, 3.05) is 31.1 Å². The van der Waals surface area contributed by atoms with Gasteiger partial charge in [-0.15, -0.1) is 0 Å². The monoisotopic (exact) mass is 1260 g/mol. The third-order valence-electron chi connectivity index (χ3n) is 15.0. The Morgan fingerprint density at radius 2 is 1.21 bits per heavy atom. The molecule has 30 heteroatoms. The number of hydrogen-bond acceptors (Lipinski definition) is 17. The number of aromatic hydroxyl groups is 1. The van der Waals surface area contributed by atoms with Crippen molar-refractivity contribution >= 4 is 96.3 Å². The van der Waals surface area contributed by atoms with E-state index in [2.05, 4.69) is 67.8 Å². The van der Waals surface area contributed by atoms with Crippen LogP contribution in [0.25, 0.3) is 0 Å². The molecule has 87 heavy (non-hydrogen) atoms. The molecule has 4 rings (SSSR count). The number of thiol groups is 2. The predicted molar refractivity (Wildman–Crippen MR) is 324 cm³/mol. The standard InChI is InChI=1S/C57H85N13O15S2/c1-5-31(4)46(53(80)65-39(23-30(2)3)50(77)67-42(29-87)56(83)84)68-52(79)44-26-35(72)27-70(44)55(82)43-14-10-22-69(43)54(81)41(25-32-11-7-6-8-12-32)66-51(78)40(24-33-15-17-34(71)18-16-33)64-49(76)38(19-20-45(59)73)63-48(75)37(13-9-21-61-57(60)85)62-47(74)36(58)28-86/h6-8,11-12,15-18,30-31,35-44,46,71-72,86-87H,5,9-10,13-14,19-29,58H2,1-4H3,(H2,59,73)(H,62,74)(H,63,75)(H,64,76)(H,65,80)(H,66,78)(H,67,77)(H,68,79)(H,83,84)(H3,60,61,85)/t31-,35+,36-,37-,38-,39-,40-,41-,42-,43-,44-,46-/m0/s1. The number of aliphatic carboxylic acids is 1. The number of carbonyl (C=O) groups is 12. The number of carboxylic acids is 1. The topological polar surface area (TPSA) is 446 Å². The van der Waals surface area contributed by atoms with Gasteiger partial charge in [0.15, 0.2) is 0 Å². The molecule has 2 fully saturated rings. The molecule has 2 saturated heterocycles. The molecule has 0 unspecified atom stereocenters. The first-order chi connectivity index (χ1) is 41.2. The Hall–Kier alpha value is -7.70. The Morgan fingerprint density at radius 3 is 1.79 bits per heavy atom. The summed E-state index contributed by atoms with van der Waals surface area (Å²) in [5, 5.41) is 51.3. The van der Waals surface area contributed by atoms with Crippen molar-refractivity contribution in [1.82, 2.24) is 52.3 Å². The van der Waals surface area contributed by atoms with Crippen LogP contribution in [0.5, 0.6) is 5.75 Å². The number of nitrogens with zero attached hydrogens (tertiary/aromatic N) is 2. The first kappa shape index (κ1) is 71.8. The summed E-state index contributed by atoms with van der Waals surface area (Å²) in [4.78, 5) is 166. The number of nitrogens with two attached hydrogens (primary N) is 3. The summed E-state index contributed by atoms with van der Waals surface area (Å²) in [7, 11) is 0. The summed E-state index contributed by atoms with van der Waals surface area (Å²) in [6.45, 7) is 6.77. The highest BCUT2D eigenvalue weighted by Crippen LogP contribution is 2.27. The van der Waals surface area contributed by atoms with Gasteiger partial charge in [0, 0.05) is 56.8 Å². The number of carboxylic acid groups (broad SMARTS) is 1. The van der Waals surface area contributed by atoms with Crippen molar-refractivity contribution < 1.29 is 72.9 Å². The van der Waals surface area contributed by atoms with Gasteiger partial charge >= 0.3 is 12.0 Å². The lowest BCUT2D eigenvalue weighted by atomic mass is 9.96. The number of carbonyl (C=O) groups excluding carboxylic acids is 11. The highest BCUT2D eigenvalue weighted by molar-refractivity contribution is 7.80. The lowest BCUT2D eigenvalue weighted by molar-refractivity contribution is -0.148. The second kappa shape index (κ2) is 35.2. The van der Waals surface area contributed by atoms with E-state index in [-0.39, 0.29) is 87.8 Å². The van der Waals surface area contributed by atoms with E-state index in [0.29, 0.717) is 24.0 Å². The fraction of sp³-hybridized carbons (Fsp3) is 0.579. The summed E-state index contributed by atoms with van der Waals surface area (Å²) in [6.07, 6.45) is -1.76. The van der Waals surface area contributed by atoms with Crippen molar-refractivity contribution in [3.63, 3.8) is 0 Å². The maximum atomic E-state index is 15.1. The maximum absolute atomic E-state index is 15.1. The average Bonchev–Trinajstić information content (AvgIpc) is 2.52. The lowest BCUT2D eigenvalue weighted by Crippen LogP contribution is -2.61. The molecule has 0 radical (unpaired) electrons. The van der Waals surface area contributed by atoms with Gasteiger partial charge in [-0.1, -0.05) is 76.6 Å². The largest absolute Gasteiger partial charge is 0.508 e. The van der Waals surface area contributed by atoms with Crippen molar-refractivity contribution in [2.45, 2.75) is 165 Å². The SMILES string of the molecule is CC[C@H](C)[C@H](NC(=O)[C@@H]1C[C@@H](O)CN1C(=O)[C@@H]1CCCN1C(=O)[C@H](Cc1ccccc1)NC(=O)[C@H](Cc1ccc(O)cc1)NC(=O)[C@H](CCC(N)=O)NC(=O)[C@H](CCCNC(N)=O)NC(=O)[C@@H](N)CS)C(=O)N[C@@H](CC(C)C)C(=O)N[C@@H](CS)C(=O)O. The van der Waals surface area contributed by atoms with Gasteiger partial charge in [0.1, 0.15) is 60.1 Å². The summed E-state index contributed by atoms with van der Waals surface area (Å²) in [5.74, 6) is -10.6. The van der Waals surface area contributed by atoms with E-state index in [1.165, 1.54) is 29.2 Å². The number of aliphatic hydroxyl groups is 1. The summed E-state index contributed by atoms with van der Waals surface area (Å²) in [6, 6.07) is -0.0352. The van der Waals surface area contributed by atoms with Gasteiger partial charge < -0.3 is 84.9 Å². The Morgan fingerprint density at radius 1 is 0.655 bits per heavy atom. The second-order valence-corrected chi connectivity index (χ2v) is 23.0. The van der Waals surface area contributed by atoms with E-state index in [9.17, 15) is 68.1 Å². The molecule has 0 saturated carbocycles. The number of nitrogens with one attached hydrogen (secondary N) is 8. The fourth-order valence-electron chi connectivity index (χ4n) is 10.0. The zero-order valence-electron chi connectivity index (χ0n) is 49.3. The van der Waals surface area contributed by atoms with Crippen molar-refractivity contribution in [3.8, 4) is 5.75 Å². The Kier molecular flexibility index (Phi) is 29.0. The van der Waals surface area contributed by atoms with Crippen LogP contribution in [-0.2, 0) is 65.6 Å². The summed E-state index contributed by atoms with van der Waals surface area (Å²) >= 11 is 8.06. The Bertz CT molecular complexity index is 2730. The van der Waals surface area contributed by atoms with Crippen LogP contribution in [0.2, 0.25) is 0 Å². The average molecular weight is 1260 g/mol. The van der Waals surface area contributed by atoms with Gasteiger partial charge in [0.2, 0.25) is 59.1 Å². The highest BCUT2D eigenvalue weighted by atomic mass is 32.1.